The lowest BCUT2D eigenvalue weighted by Gasteiger charge is -2.36. The number of aromatic nitrogens is 1. The number of carboxylic acid groups (broad SMARTS) is 1. The number of likely N-dealkylation sites (tertiary alicyclic amines) is 1. The molecule has 0 spiro atoms. The maximum Gasteiger partial charge on any atom is 0.388 e. The van der Waals surface area contributed by atoms with Gasteiger partial charge in [-0.2, -0.15) is 13.8 Å². The SMILES string of the molecule is CC(C)(C)C1C(Nc2cccc(OC(F)F)n2)C(c2ccccc2)N(C(=O)C2CCCCC2)C1C(=O)O. The average Bonchev–Trinajstić information content (AvgIpc) is 3.20. The van der Waals surface area contributed by atoms with Gasteiger partial charge in [0.1, 0.15) is 11.9 Å². The van der Waals surface area contributed by atoms with Crippen LogP contribution in [0.3, 0.4) is 0 Å². The molecule has 0 bridgehead atoms. The summed E-state index contributed by atoms with van der Waals surface area (Å²) < 4.78 is 30.1. The molecular weight excluding hydrogens is 480 g/mol. The lowest BCUT2D eigenvalue weighted by molar-refractivity contribution is -0.154. The van der Waals surface area contributed by atoms with Crippen LogP contribution < -0.4 is 10.1 Å². The van der Waals surface area contributed by atoms with Crippen LogP contribution in [0.4, 0.5) is 14.6 Å². The van der Waals surface area contributed by atoms with Gasteiger partial charge in [0.25, 0.3) is 0 Å². The van der Waals surface area contributed by atoms with E-state index in [1.807, 2.05) is 51.1 Å². The molecule has 2 heterocycles. The first kappa shape index (κ1) is 26.8. The van der Waals surface area contributed by atoms with E-state index in [1.165, 1.54) is 6.07 Å². The molecule has 7 nitrogen and oxygen atoms in total. The number of nitrogens with one attached hydrogen (secondary N) is 1. The van der Waals surface area contributed by atoms with E-state index >= 15 is 0 Å². The Bertz CT molecular complexity index is 1090. The molecule has 2 aromatic rings. The van der Waals surface area contributed by atoms with Crippen molar-refractivity contribution in [3.05, 3.63) is 54.1 Å². The second-order valence-electron chi connectivity index (χ2n) is 11.0. The molecular formula is C28H35F2N3O4. The largest absolute Gasteiger partial charge is 0.480 e. The third-order valence-corrected chi connectivity index (χ3v) is 7.52. The van der Waals surface area contributed by atoms with Crippen molar-refractivity contribution < 1.29 is 28.2 Å². The van der Waals surface area contributed by atoms with E-state index < -0.39 is 42.0 Å². The van der Waals surface area contributed by atoms with E-state index in [0.717, 1.165) is 37.7 Å². The Morgan fingerprint density at radius 2 is 1.73 bits per heavy atom. The van der Waals surface area contributed by atoms with E-state index in [9.17, 15) is 23.5 Å². The molecule has 4 unspecified atom stereocenters. The van der Waals surface area contributed by atoms with Crippen molar-refractivity contribution in [1.29, 1.82) is 0 Å². The number of pyridine rings is 1. The lowest BCUT2D eigenvalue weighted by Crippen LogP contribution is -2.49. The highest BCUT2D eigenvalue weighted by atomic mass is 19.3. The highest BCUT2D eigenvalue weighted by Crippen LogP contribution is 2.50. The topological polar surface area (TPSA) is 91.8 Å². The standard InChI is InChI=1S/C28H35F2N3O4/c1-28(2,3)21-22(32-19-15-10-16-20(31-19)37-27(29)30)23(17-11-6-4-7-12-17)33(24(21)26(35)36)25(34)18-13-8-5-9-14-18/h4,6-7,10-12,15-16,18,21-24,27H,5,8-9,13-14H2,1-3H3,(H,31,32)(H,35,36). The number of aliphatic carboxylic acids is 1. The number of anilines is 1. The highest BCUT2D eigenvalue weighted by Gasteiger charge is 2.58. The number of nitrogens with zero attached hydrogens (tertiary/aromatic N) is 2. The highest BCUT2D eigenvalue weighted by molar-refractivity contribution is 5.87. The molecule has 1 saturated heterocycles. The van der Waals surface area contributed by atoms with Gasteiger partial charge in [0.15, 0.2) is 0 Å². The molecule has 2 fully saturated rings. The molecule has 37 heavy (non-hydrogen) atoms. The monoisotopic (exact) mass is 515 g/mol. The van der Waals surface area contributed by atoms with Crippen LogP contribution in [0.15, 0.2) is 48.5 Å². The first-order valence-electron chi connectivity index (χ1n) is 12.9. The number of rotatable bonds is 7. The zero-order chi connectivity index (χ0) is 26.7. The van der Waals surface area contributed by atoms with E-state index in [-0.39, 0.29) is 23.5 Å². The van der Waals surface area contributed by atoms with Crippen molar-refractivity contribution >= 4 is 17.7 Å². The van der Waals surface area contributed by atoms with E-state index in [1.54, 1.807) is 17.0 Å². The Morgan fingerprint density at radius 3 is 2.32 bits per heavy atom. The number of hydrogen-bond acceptors (Lipinski definition) is 5. The summed E-state index contributed by atoms with van der Waals surface area (Å²) in [5.74, 6) is -1.90. The van der Waals surface area contributed by atoms with Gasteiger partial charge in [0.05, 0.1) is 12.1 Å². The number of carboxylic acids is 1. The predicted molar refractivity (Wildman–Crippen MR) is 135 cm³/mol. The molecule has 4 rings (SSSR count). The zero-order valence-electron chi connectivity index (χ0n) is 21.4. The molecule has 1 saturated carbocycles. The summed E-state index contributed by atoms with van der Waals surface area (Å²) in [5, 5.41) is 13.9. The van der Waals surface area contributed by atoms with Gasteiger partial charge in [-0.05, 0) is 29.9 Å². The van der Waals surface area contributed by atoms with Gasteiger partial charge in [0, 0.05) is 17.9 Å². The number of ether oxygens (including phenoxy) is 1. The molecule has 1 aromatic heterocycles. The zero-order valence-corrected chi connectivity index (χ0v) is 21.4. The van der Waals surface area contributed by atoms with E-state index in [2.05, 4.69) is 15.0 Å². The van der Waals surface area contributed by atoms with Crippen molar-refractivity contribution in [1.82, 2.24) is 9.88 Å². The maximum atomic E-state index is 14.1. The normalized spacial score (nSPS) is 24.8. The van der Waals surface area contributed by atoms with Crippen molar-refractivity contribution in [3.63, 3.8) is 0 Å². The van der Waals surface area contributed by atoms with Crippen molar-refractivity contribution in [2.75, 3.05) is 5.32 Å². The Labute approximate surface area is 216 Å². The first-order chi connectivity index (χ1) is 17.6. The Balaban J connectivity index is 1.83. The van der Waals surface area contributed by atoms with Crippen LogP contribution in [0.2, 0.25) is 0 Å². The molecule has 1 aromatic carbocycles. The van der Waals surface area contributed by atoms with Crippen LogP contribution in [-0.4, -0.2) is 45.6 Å². The van der Waals surface area contributed by atoms with Gasteiger partial charge in [0.2, 0.25) is 11.8 Å². The van der Waals surface area contributed by atoms with Gasteiger partial charge in [-0.1, -0.05) is 76.4 Å². The van der Waals surface area contributed by atoms with Crippen molar-refractivity contribution in [2.24, 2.45) is 17.3 Å². The molecule has 1 aliphatic heterocycles. The Kier molecular flexibility index (Phi) is 7.99. The van der Waals surface area contributed by atoms with Crippen LogP contribution in [0.1, 0.15) is 64.5 Å². The summed E-state index contributed by atoms with van der Waals surface area (Å²) in [6.07, 6.45) is 4.46. The quantitative estimate of drug-likeness (QED) is 0.488. The van der Waals surface area contributed by atoms with E-state index in [4.69, 9.17) is 0 Å². The number of hydrogen-bond donors (Lipinski definition) is 2. The summed E-state index contributed by atoms with van der Waals surface area (Å²) in [5.41, 5.74) is 0.286. The minimum Gasteiger partial charge on any atom is -0.480 e. The molecule has 0 radical (unpaired) electrons. The van der Waals surface area contributed by atoms with Gasteiger partial charge < -0.3 is 20.1 Å². The van der Waals surface area contributed by atoms with Gasteiger partial charge in [-0.25, -0.2) is 4.79 Å². The van der Waals surface area contributed by atoms with Crippen LogP contribution in [0, 0.1) is 17.3 Å². The molecule has 2 aliphatic rings. The molecule has 1 aliphatic carbocycles. The fraction of sp³-hybridized carbons (Fsp3) is 0.536. The van der Waals surface area contributed by atoms with Crippen LogP contribution in [-0.2, 0) is 9.59 Å². The van der Waals surface area contributed by atoms with Crippen LogP contribution >= 0.6 is 0 Å². The van der Waals surface area contributed by atoms with Crippen LogP contribution in [0.5, 0.6) is 5.88 Å². The van der Waals surface area contributed by atoms with Crippen LogP contribution in [0.25, 0.3) is 0 Å². The molecule has 9 heteroatoms. The minimum absolute atomic E-state index is 0.137. The van der Waals surface area contributed by atoms with Crippen molar-refractivity contribution in [2.45, 2.75) is 77.6 Å². The third kappa shape index (κ3) is 5.86. The maximum absolute atomic E-state index is 14.1. The lowest BCUT2D eigenvalue weighted by atomic mass is 9.72. The summed E-state index contributed by atoms with van der Waals surface area (Å²) in [6, 6.07) is 11.7. The number of halogens is 2. The van der Waals surface area contributed by atoms with Gasteiger partial charge in [-0.3, -0.25) is 4.79 Å². The van der Waals surface area contributed by atoms with E-state index in [0.29, 0.717) is 0 Å². The predicted octanol–water partition coefficient (Wildman–Crippen LogP) is 5.74. The molecule has 200 valence electrons. The van der Waals surface area contributed by atoms with Gasteiger partial charge in [-0.15, -0.1) is 0 Å². The molecule has 4 atom stereocenters. The molecule has 1 amide bonds. The Hall–Kier alpha value is -3.23. The molecule has 2 N–H and O–H groups in total. The average molecular weight is 516 g/mol. The summed E-state index contributed by atoms with van der Waals surface area (Å²) in [7, 11) is 0. The third-order valence-electron chi connectivity index (χ3n) is 7.52. The number of amides is 1. The number of alkyl halides is 2. The summed E-state index contributed by atoms with van der Waals surface area (Å²) in [6.45, 7) is 2.86. The summed E-state index contributed by atoms with van der Waals surface area (Å²) in [4.78, 5) is 32.7. The number of benzene rings is 1. The fourth-order valence-electron chi connectivity index (χ4n) is 6.04. The smallest absolute Gasteiger partial charge is 0.388 e. The Morgan fingerprint density at radius 1 is 1.05 bits per heavy atom. The van der Waals surface area contributed by atoms with Crippen molar-refractivity contribution in [3.8, 4) is 5.88 Å². The first-order valence-corrected chi connectivity index (χ1v) is 12.9. The minimum atomic E-state index is -3.02. The fourth-order valence-corrected chi connectivity index (χ4v) is 6.04. The number of carbonyl (C=O) groups excluding carboxylic acids is 1. The number of carbonyl (C=O) groups is 2. The second kappa shape index (κ2) is 11.0. The van der Waals surface area contributed by atoms with Gasteiger partial charge >= 0.3 is 12.6 Å². The summed E-state index contributed by atoms with van der Waals surface area (Å²) >= 11 is 0. The second-order valence-corrected chi connectivity index (χ2v) is 11.0.